The van der Waals surface area contributed by atoms with Gasteiger partial charge in [0.2, 0.25) is 0 Å². The summed E-state index contributed by atoms with van der Waals surface area (Å²) in [6, 6.07) is 2.24. The van der Waals surface area contributed by atoms with Crippen LogP contribution in [0.3, 0.4) is 0 Å². The lowest BCUT2D eigenvalue weighted by Gasteiger charge is -2.28. The van der Waals surface area contributed by atoms with Gasteiger partial charge in [0.05, 0.1) is 0 Å². The minimum absolute atomic E-state index is 0.588. The number of nitrogens with two attached hydrogens (primary N) is 1. The number of rotatable bonds is 5. The number of aryl methyl sites for hydroxylation is 2. The summed E-state index contributed by atoms with van der Waals surface area (Å²) >= 11 is 1.92. The van der Waals surface area contributed by atoms with E-state index in [4.69, 9.17) is 5.73 Å². The minimum atomic E-state index is 0.588. The monoisotopic (exact) mass is 237 g/mol. The lowest BCUT2D eigenvalue weighted by atomic mass is 9.78. The SMILES string of the molecule is Cc1ccsc1CCC1(CCN)CCCC1. The van der Waals surface area contributed by atoms with Crippen LogP contribution in [0.1, 0.15) is 49.0 Å². The zero-order chi connectivity index (χ0) is 11.4. The fourth-order valence-corrected chi connectivity index (χ4v) is 4.01. The molecule has 0 radical (unpaired) electrons. The molecular weight excluding hydrogens is 214 g/mol. The van der Waals surface area contributed by atoms with Gasteiger partial charge in [0, 0.05) is 4.88 Å². The molecule has 1 aliphatic rings. The van der Waals surface area contributed by atoms with Gasteiger partial charge in [0.15, 0.2) is 0 Å². The Labute approximate surface area is 103 Å². The van der Waals surface area contributed by atoms with Crippen LogP contribution in [0, 0.1) is 12.3 Å². The van der Waals surface area contributed by atoms with Gasteiger partial charge < -0.3 is 5.73 Å². The Hall–Kier alpha value is -0.340. The second-order valence-corrected chi connectivity index (χ2v) is 6.27. The van der Waals surface area contributed by atoms with Crippen molar-refractivity contribution in [2.75, 3.05) is 6.54 Å². The standard InChI is InChI=1S/C14H23NS/c1-12-5-11-16-13(12)4-8-14(9-10-15)6-2-3-7-14/h5,11H,2-4,6-10,15H2,1H3. The van der Waals surface area contributed by atoms with Gasteiger partial charge in [-0.2, -0.15) is 0 Å². The molecular formula is C14H23NS. The van der Waals surface area contributed by atoms with Crippen molar-refractivity contribution >= 4 is 11.3 Å². The van der Waals surface area contributed by atoms with Gasteiger partial charge in [-0.05, 0) is 68.0 Å². The normalized spacial score (nSPS) is 19.1. The van der Waals surface area contributed by atoms with E-state index in [1.165, 1.54) is 50.5 Å². The van der Waals surface area contributed by atoms with Crippen molar-refractivity contribution in [2.24, 2.45) is 11.1 Å². The number of thiophene rings is 1. The third kappa shape index (κ3) is 2.67. The molecule has 0 spiro atoms. The molecule has 1 fully saturated rings. The Morgan fingerprint density at radius 2 is 2.06 bits per heavy atom. The van der Waals surface area contributed by atoms with Crippen LogP contribution in [-0.2, 0) is 6.42 Å². The molecule has 0 aliphatic heterocycles. The van der Waals surface area contributed by atoms with E-state index in [9.17, 15) is 0 Å². The van der Waals surface area contributed by atoms with Crippen LogP contribution in [0.5, 0.6) is 0 Å². The summed E-state index contributed by atoms with van der Waals surface area (Å²) in [5, 5.41) is 2.22. The van der Waals surface area contributed by atoms with Crippen LogP contribution in [0.2, 0.25) is 0 Å². The molecule has 1 saturated carbocycles. The Morgan fingerprint density at radius 3 is 2.62 bits per heavy atom. The number of hydrogen-bond donors (Lipinski definition) is 1. The average molecular weight is 237 g/mol. The fraction of sp³-hybridized carbons (Fsp3) is 0.714. The molecule has 0 amide bonds. The molecule has 0 atom stereocenters. The molecule has 1 aliphatic carbocycles. The molecule has 0 unspecified atom stereocenters. The molecule has 2 N–H and O–H groups in total. The maximum Gasteiger partial charge on any atom is 0.00746 e. The molecule has 1 heterocycles. The van der Waals surface area contributed by atoms with E-state index >= 15 is 0 Å². The zero-order valence-corrected chi connectivity index (χ0v) is 11.1. The fourth-order valence-electron chi connectivity index (χ4n) is 3.10. The highest BCUT2D eigenvalue weighted by atomic mass is 32.1. The van der Waals surface area contributed by atoms with Crippen molar-refractivity contribution in [2.45, 2.75) is 51.9 Å². The molecule has 0 saturated heterocycles. The van der Waals surface area contributed by atoms with E-state index in [2.05, 4.69) is 18.4 Å². The second-order valence-electron chi connectivity index (χ2n) is 5.27. The lowest BCUT2D eigenvalue weighted by molar-refractivity contribution is 0.253. The van der Waals surface area contributed by atoms with E-state index in [0.717, 1.165) is 6.54 Å². The van der Waals surface area contributed by atoms with Gasteiger partial charge in [-0.15, -0.1) is 11.3 Å². The topological polar surface area (TPSA) is 26.0 Å². The largest absolute Gasteiger partial charge is 0.330 e. The molecule has 16 heavy (non-hydrogen) atoms. The van der Waals surface area contributed by atoms with Crippen molar-refractivity contribution in [1.82, 2.24) is 0 Å². The Morgan fingerprint density at radius 1 is 1.31 bits per heavy atom. The summed E-state index contributed by atoms with van der Waals surface area (Å²) in [5.41, 5.74) is 7.84. The Bertz CT molecular complexity index is 323. The predicted molar refractivity (Wildman–Crippen MR) is 71.9 cm³/mol. The highest BCUT2D eigenvalue weighted by molar-refractivity contribution is 7.10. The molecule has 2 heteroatoms. The minimum Gasteiger partial charge on any atom is -0.330 e. The first-order valence-electron chi connectivity index (χ1n) is 6.49. The summed E-state index contributed by atoms with van der Waals surface area (Å²) in [4.78, 5) is 1.59. The van der Waals surface area contributed by atoms with Gasteiger partial charge in [0.25, 0.3) is 0 Å². The molecule has 90 valence electrons. The van der Waals surface area contributed by atoms with Crippen molar-refractivity contribution < 1.29 is 0 Å². The van der Waals surface area contributed by atoms with Gasteiger partial charge in [-0.1, -0.05) is 12.8 Å². The molecule has 2 rings (SSSR count). The summed E-state index contributed by atoms with van der Waals surface area (Å²) in [5.74, 6) is 0. The second kappa shape index (κ2) is 5.33. The van der Waals surface area contributed by atoms with Gasteiger partial charge >= 0.3 is 0 Å². The van der Waals surface area contributed by atoms with Gasteiger partial charge in [-0.25, -0.2) is 0 Å². The molecule has 0 aromatic carbocycles. The Kier molecular flexibility index (Phi) is 4.04. The van der Waals surface area contributed by atoms with Crippen LogP contribution in [-0.4, -0.2) is 6.54 Å². The van der Waals surface area contributed by atoms with E-state index in [1.807, 2.05) is 11.3 Å². The Balaban J connectivity index is 1.94. The van der Waals surface area contributed by atoms with Crippen LogP contribution in [0.15, 0.2) is 11.4 Å². The van der Waals surface area contributed by atoms with Crippen LogP contribution in [0.4, 0.5) is 0 Å². The first-order chi connectivity index (χ1) is 7.76. The van der Waals surface area contributed by atoms with Crippen molar-refractivity contribution in [1.29, 1.82) is 0 Å². The van der Waals surface area contributed by atoms with E-state index in [-0.39, 0.29) is 0 Å². The third-order valence-corrected chi connectivity index (χ3v) is 5.27. The smallest absolute Gasteiger partial charge is 0.00746 e. The van der Waals surface area contributed by atoms with Crippen molar-refractivity contribution in [3.63, 3.8) is 0 Å². The van der Waals surface area contributed by atoms with Crippen LogP contribution < -0.4 is 5.73 Å². The lowest BCUT2D eigenvalue weighted by Crippen LogP contribution is -2.21. The molecule has 1 aromatic heterocycles. The third-order valence-electron chi connectivity index (χ3n) is 4.19. The molecule has 1 nitrogen and oxygen atoms in total. The highest BCUT2D eigenvalue weighted by Gasteiger charge is 2.32. The summed E-state index contributed by atoms with van der Waals surface area (Å²) in [7, 11) is 0. The summed E-state index contributed by atoms with van der Waals surface area (Å²) in [6.45, 7) is 3.10. The zero-order valence-electron chi connectivity index (χ0n) is 10.3. The summed E-state index contributed by atoms with van der Waals surface area (Å²) < 4.78 is 0. The first-order valence-corrected chi connectivity index (χ1v) is 7.37. The molecule has 0 bridgehead atoms. The van der Waals surface area contributed by atoms with E-state index in [0.29, 0.717) is 5.41 Å². The average Bonchev–Trinajstić information content (AvgIpc) is 2.86. The van der Waals surface area contributed by atoms with E-state index in [1.54, 1.807) is 4.88 Å². The van der Waals surface area contributed by atoms with Crippen molar-refractivity contribution in [3.8, 4) is 0 Å². The quantitative estimate of drug-likeness (QED) is 0.826. The predicted octanol–water partition coefficient (Wildman–Crippen LogP) is 3.90. The number of hydrogen-bond acceptors (Lipinski definition) is 2. The molecule has 1 aromatic rings. The van der Waals surface area contributed by atoms with E-state index < -0.39 is 0 Å². The van der Waals surface area contributed by atoms with Gasteiger partial charge in [0.1, 0.15) is 0 Å². The van der Waals surface area contributed by atoms with Crippen LogP contribution >= 0.6 is 11.3 Å². The first kappa shape index (κ1) is 12.1. The van der Waals surface area contributed by atoms with Gasteiger partial charge in [-0.3, -0.25) is 0 Å². The maximum absolute atomic E-state index is 5.77. The maximum atomic E-state index is 5.77. The van der Waals surface area contributed by atoms with Crippen LogP contribution in [0.25, 0.3) is 0 Å². The highest BCUT2D eigenvalue weighted by Crippen LogP contribution is 2.44. The summed E-state index contributed by atoms with van der Waals surface area (Å²) in [6.07, 6.45) is 9.52. The van der Waals surface area contributed by atoms with Crippen molar-refractivity contribution in [3.05, 3.63) is 21.9 Å².